The number of hydrogen-bond donors (Lipinski definition) is 0. The zero-order valence-corrected chi connectivity index (χ0v) is 20.3. The average molecular weight is 441 g/mol. The molecule has 0 N–H and O–H groups in total. The number of ether oxygens (including phenoxy) is 1. The molecule has 2 aliphatic rings. The van der Waals surface area contributed by atoms with E-state index in [0.29, 0.717) is 11.8 Å². The van der Waals surface area contributed by atoms with Gasteiger partial charge in [0.15, 0.2) is 0 Å². The molecule has 0 heterocycles. The van der Waals surface area contributed by atoms with E-state index in [9.17, 15) is 0 Å². The molecule has 0 radical (unpaired) electrons. The molecule has 2 unspecified atom stereocenters. The maximum atomic E-state index is 6.04. The minimum absolute atomic E-state index is 0.514. The largest absolute Gasteiger partial charge is 0.493 e. The fraction of sp³-hybridized carbons (Fsp3) is 0.438. The highest BCUT2D eigenvalue weighted by atomic mass is 16.5. The van der Waals surface area contributed by atoms with Gasteiger partial charge in [-0.05, 0) is 91.5 Å². The number of rotatable bonds is 9. The van der Waals surface area contributed by atoms with Crippen LogP contribution in [0.5, 0.6) is 5.75 Å². The lowest BCUT2D eigenvalue weighted by molar-refractivity contribution is 0.259. The van der Waals surface area contributed by atoms with Gasteiger partial charge in [0.1, 0.15) is 5.75 Å². The molecule has 2 atom stereocenters. The van der Waals surface area contributed by atoms with Crippen molar-refractivity contribution in [2.24, 2.45) is 17.8 Å². The Morgan fingerprint density at radius 3 is 2.27 bits per heavy atom. The van der Waals surface area contributed by atoms with Crippen molar-refractivity contribution >= 4 is 6.08 Å². The Morgan fingerprint density at radius 1 is 0.879 bits per heavy atom. The Labute approximate surface area is 201 Å². The van der Waals surface area contributed by atoms with Crippen LogP contribution >= 0.6 is 0 Å². The minimum atomic E-state index is 0.514. The molecule has 33 heavy (non-hydrogen) atoms. The van der Waals surface area contributed by atoms with E-state index in [1.165, 1.54) is 61.6 Å². The van der Waals surface area contributed by atoms with Crippen LogP contribution in [-0.2, 0) is 6.42 Å². The fourth-order valence-corrected chi connectivity index (χ4v) is 5.24. The van der Waals surface area contributed by atoms with Gasteiger partial charge in [-0.3, -0.25) is 0 Å². The van der Waals surface area contributed by atoms with Crippen LogP contribution < -0.4 is 4.74 Å². The van der Waals surface area contributed by atoms with Crippen molar-refractivity contribution in [2.45, 2.75) is 64.2 Å². The van der Waals surface area contributed by atoms with Gasteiger partial charge in [0.2, 0.25) is 0 Å². The second-order valence-electron chi connectivity index (χ2n) is 9.96. The minimum Gasteiger partial charge on any atom is -0.493 e. The summed E-state index contributed by atoms with van der Waals surface area (Å²) in [7, 11) is 0. The average Bonchev–Trinajstić information content (AvgIpc) is 2.88. The SMILES string of the molecule is C=CC1CCC(c2ccc(/C=C/C3C=CC(COc4ccc(CCC)cc4)CC3)cc2)CC1. The van der Waals surface area contributed by atoms with E-state index in [4.69, 9.17) is 4.74 Å². The predicted molar refractivity (Wildman–Crippen MR) is 142 cm³/mol. The first-order valence-corrected chi connectivity index (χ1v) is 13.0. The van der Waals surface area contributed by atoms with Gasteiger partial charge in [-0.25, -0.2) is 0 Å². The molecule has 0 aromatic heterocycles. The lowest BCUT2D eigenvalue weighted by atomic mass is 9.78. The summed E-state index contributed by atoms with van der Waals surface area (Å²) in [6, 6.07) is 17.9. The number of hydrogen-bond acceptors (Lipinski definition) is 1. The van der Waals surface area contributed by atoms with Gasteiger partial charge < -0.3 is 4.74 Å². The topological polar surface area (TPSA) is 9.23 Å². The molecule has 2 aromatic rings. The van der Waals surface area contributed by atoms with Gasteiger partial charge >= 0.3 is 0 Å². The maximum Gasteiger partial charge on any atom is 0.119 e. The Balaban J connectivity index is 1.22. The second-order valence-corrected chi connectivity index (χ2v) is 9.96. The van der Waals surface area contributed by atoms with Gasteiger partial charge in [0.25, 0.3) is 0 Å². The van der Waals surface area contributed by atoms with Gasteiger partial charge in [0.05, 0.1) is 6.61 Å². The third kappa shape index (κ3) is 6.97. The van der Waals surface area contributed by atoms with Crippen molar-refractivity contribution < 1.29 is 4.74 Å². The third-order valence-corrected chi connectivity index (χ3v) is 7.48. The first-order valence-electron chi connectivity index (χ1n) is 13.0. The van der Waals surface area contributed by atoms with E-state index in [1.54, 1.807) is 0 Å². The Morgan fingerprint density at radius 2 is 1.64 bits per heavy atom. The van der Waals surface area contributed by atoms with Crippen molar-refractivity contribution in [3.05, 3.63) is 96.1 Å². The third-order valence-electron chi connectivity index (χ3n) is 7.48. The normalized spacial score (nSPS) is 25.2. The molecule has 2 aromatic carbocycles. The summed E-state index contributed by atoms with van der Waals surface area (Å²) in [5, 5.41) is 0. The Bertz CT molecular complexity index is 910. The summed E-state index contributed by atoms with van der Waals surface area (Å²) < 4.78 is 6.04. The highest BCUT2D eigenvalue weighted by Gasteiger charge is 2.20. The fourth-order valence-electron chi connectivity index (χ4n) is 5.24. The van der Waals surface area contributed by atoms with Gasteiger partial charge in [-0.15, -0.1) is 6.58 Å². The van der Waals surface area contributed by atoms with Gasteiger partial charge in [-0.2, -0.15) is 0 Å². The Kier molecular flexibility index (Phi) is 8.64. The zero-order chi connectivity index (χ0) is 22.9. The molecule has 1 heteroatoms. The van der Waals surface area contributed by atoms with E-state index in [1.807, 2.05) is 0 Å². The van der Waals surface area contributed by atoms with Gasteiger partial charge in [-0.1, -0.05) is 80.1 Å². The van der Waals surface area contributed by atoms with Crippen LogP contribution in [0, 0.1) is 17.8 Å². The molecule has 1 saturated carbocycles. The summed E-state index contributed by atoms with van der Waals surface area (Å²) in [5.74, 6) is 3.50. The molecule has 0 aliphatic heterocycles. The van der Waals surface area contributed by atoms with E-state index >= 15 is 0 Å². The van der Waals surface area contributed by atoms with Crippen LogP contribution in [0.2, 0.25) is 0 Å². The molecule has 174 valence electrons. The van der Waals surface area contributed by atoms with Crippen molar-refractivity contribution in [3.8, 4) is 5.75 Å². The van der Waals surface area contributed by atoms with Crippen molar-refractivity contribution in [1.29, 1.82) is 0 Å². The quantitative estimate of drug-likeness (QED) is 0.354. The zero-order valence-electron chi connectivity index (χ0n) is 20.3. The van der Waals surface area contributed by atoms with Crippen molar-refractivity contribution in [3.63, 3.8) is 0 Å². The van der Waals surface area contributed by atoms with Crippen molar-refractivity contribution in [1.82, 2.24) is 0 Å². The van der Waals surface area contributed by atoms with Crippen LogP contribution in [0.25, 0.3) is 6.08 Å². The number of allylic oxidation sites excluding steroid dienone is 3. The van der Waals surface area contributed by atoms with Crippen LogP contribution in [0.1, 0.15) is 74.5 Å². The monoisotopic (exact) mass is 440 g/mol. The highest BCUT2D eigenvalue weighted by Crippen LogP contribution is 2.36. The second kappa shape index (κ2) is 12.1. The maximum absolute atomic E-state index is 6.04. The molecule has 4 rings (SSSR count). The lowest BCUT2D eigenvalue weighted by Crippen LogP contribution is -2.14. The molecule has 0 saturated heterocycles. The highest BCUT2D eigenvalue weighted by molar-refractivity contribution is 5.50. The van der Waals surface area contributed by atoms with Crippen LogP contribution in [-0.4, -0.2) is 6.61 Å². The van der Waals surface area contributed by atoms with Crippen LogP contribution in [0.4, 0.5) is 0 Å². The number of benzene rings is 2. The molecule has 0 bridgehead atoms. The van der Waals surface area contributed by atoms with Crippen molar-refractivity contribution in [2.75, 3.05) is 6.61 Å². The van der Waals surface area contributed by atoms with E-state index in [-0.39, 0.29) is 0 Å². The van der Waals surface area contributed by atoms with E-state index in [0.717, 1.165) is 30.6 Å². The molecule has 2 aliphatic carbocycles. The first-order chi connectivity index (χ1) is 16.2. The van der Waals surface area contributed by atoms with E-state index in [2.05, 4.69) is 92.4 Å². The Hall–Kier alpha value is -2.54. The molecule has 0 amide bonds. The summed E-state index contributed by atoms with van der Waals surface area (Å²) >= 11 is 0. The van der Waals surface area contributed by atoms with Crippen LogP contribution in [0.3, 0.4) is 0 Å². The number of aryl methyl sites for hydroxylation is 1. The summed E-state index contributed by atoms with van der Waals surface area (Å²) in [5.41, 5.74) is 4.21. The van der Waals surface area contributed by atoms with E-state index < -0.39 is 0 Å². The molecule has 1 nitrogen and oxygen atoms in total. The molecular formula is C32H40O. The summed E-state index contributed by atoms with van der Waals surface area (Å²) in [4.78, 5) is 0. The molecule has 1 fully saturated rings. The molecular weight excluding hydrogens is 400 g/mol. The first kappa shape index (κ1) is 23.6. The predicted octanol–water partition coefficient (Wildman–Crippen LogP) is 8.77. The summed E-state index contributed by atoms with van der Waals surface area (Å²) in [6.45, 7) is 6.96. The standard InChI is InChI=1S/C32H40O/c1-3-5-26-16-22-32(23-17-26)33-24-29-10-8-27(9-11-29)6-7-28-14-20-31(21-15-28)30-18-12-25(4-2)13-19-30/h4,6-8,10,14-17,20-23,25,27,29-30H,2-3,5,9,11-13,18-19,24H2,1H3/b7-6+. The lowest BCUT2D eigenvalue weighted by Gasteiger charge is -2.27. The molecule has 0 spiro atoms. The van der Waals surface area contributed by atoms with Crippen LogP contribution in [0.15, 0.2) is 79.4 Å². The summed E-state index contributed by atoms with van der Waals surface area (Å²) in [6.07, 6.45) is 21.4. The van der Waals surface area contributed by atoms with Gasteiger partial charge in [0, 0.05) is 5.92 Å². The smallest absolute Gasteiger partial charge is 0.119 e.